The third kappa shape index (κ3) is 3.40. The molecule has 2 aliphatic heterocycles. The smallest absolute Gasteiger partial charge is 0.326 e. The first kappa shape index (κ1) is 22.7. The van der Waals surface area contributed by atoms with Gasteiger partial charge in [-0.3, -0.25) is 0 Å². The summed E-state index contributed by atoms with van der Waals surface area (Å²) in [5, 5.41) is 31.0. The van der Waals surface area contributed by atoms with Crippen molar-refractivity contribution in [3.63, 3.8) is 0 Å². The highest BCUT2D eigenvalue weighted by molar-refractivity contribution is 8.00. The van der Waals surface area contributed by atoms with Crippen molar-refractivity contribution in [1.82, 2.24) is 0 Å². The first-order chi connectivity index (χ1) is 16.3. The standard InChI is InChI=1S/C25H24Cl2N2O4S/c26-13-8-15-14-5-3-4-12(14)11-28-23(15)16(9-13)21-17(24(28)25(30)31)10-20(22(21)27)34-19-7-2-1-6-18(19)29(32)33/h1-3,5-9,12,14,17,20-22,24,29,32H,4,10-11H2,(H,30,31)/t12-,14+,17-,20+,21-,22+,24+/m1/s1. The normalized spacial score (nSPS) is 33.9. The fraction of sp³-hybridized carbons (Fsp3) is 0.400. The summed E-state index contributed by atoms with van der Waals surface area (Å²) in [7, 11) is 0. The van der Waals surface area contributed by atoms with Crippen LogP contribution in [0.2, 0.25) is 5.02 Å². The Bertz CT molecular complexity index is 1190. The van der Waals surface area contributed by atoms with Crippen LogP contribution < -0.4 is 10.1 Å². The SMILES string of the molecule is O=C(O)[C@@H]1[C@@H]2C[C@H](Sc3ccccc3[NH+]([O-])O)[C@H](Cl)[C@@H]2c2cc(Cl)cc3c2N1C[C@H]1CC=C[C@H]31. The summed E-state index contributed by atoms with van der Waals surface area (Å²) in [6, 6.07) is 10.2. The van der Waals surface area contributed by atoms with Crippen molar-refractivity contribution < 1.29 is 20.3 Å². The number of benzene rings is 2. The van der Waals surface area contributed by atoms with Gasteiger partial charge >= 0.3 is 5.97 Å². The summed E-state index contributed by atoms with van der Waals surface area (Å²) in [5.74, 6) is -0.580. The zero-order chi connectivity index (χ0) is 23.7. The Hall–Kier alpha value is -1.74. The average molecular weight is 519 g/mol. The zero-order valence-electron chi connectivity index (χ0n) is 18.1. The molecule has 0 bridgehead atoms. The summed E-state index contributed by atoms with van der Waals surface area (Å²) in [6.07, 6.45) is 5.95. The number of aliphatic carboxylic acids is 1. The van der Waals surface area contributed by atoms with Gasteiger partial charge in [0.15, 0.2) is 5.69 Å². The topological polar surface area (TPSA) is 88.3 Å². The summed E-state index contributed by atoms with van der Waals surface area (Å²) in [5.41, 5.74) is 3.38. The van der Waals surface area contributed by atoms with E-state index < -0.39 is 17.2 Å². The van der Waals surface area contributed by atoms with Crippen LogP contribution in [0.1, 0.15) is 35.8 Å². The summed E-state index contributed by atoms with van der Waals surface area (Å²) < 4.78 is 0. The van der Waals surface area contributed by atoms with Crippen LogP contribution in [0.4, 0.5) is 11.4 Å². The molecule has 2 aliphatic carbocycles. The van der Waals surface area contributed by atoms with Gasteiger partial charge in [0.05, 0.1) is 10.3 Å². The second-order valence-electron chi connectivity index (χ2n) is 9.65. The van der Waals surface area contributed by atoms with E-state index in [0.717, 1.165) is 23.2 Å². The molecule has 6 rings (SSSR count). The van der Waals surface area contributed by atoms with Crippen molar-refractivity contribution in [3.8, 4) is 0 Å². The fourth-order valence-corrected chi connectivity index (χ4v) is 8.84. The molecule has 3 N–H and O–H groups in total. The number of carboxylic acids is 1. The fourth-order valence-electron chi connectivity index (χ4n) is 6.64. The molecular weight excluding hydrogens is 495 g/mol. The Balaban J connectivity index is 1.44. The Labute approximate surface area is 211 Å². The number of allylic oxidation sites excluding steroid dienone is 2. The minimum Gasteiger partial charge on any atom is -0.595 e. The molecule has 2 heterocycles. The lowest BCUT2D eigenvalue weighted by atomic mass is 9.72. The number of anilines is 1. The van der Waals surface area contributed by atoms with Gasteiger partial charge in [-0.25, -0.2) is 10.0 Å². The maximum Gasteiger partial charge on any atom is 0.326 e. The van der Waals surface area contributed by atoms with Gasteiger partial charge in [-0.1, -0.05) is 35.9 Å². The van der Waals surface area contributed by atoms with E-state index in [1.54, 1.807) is 18.2 Å². The molecule has 8 atom stereocenters. The third-order valence-corrected chi connectivity index (χ3v) is 10.3. The van der Waals surface area contributed by atoms with Crippen molar-refractivity contribution in [1.29, 1.82) is 0 Å². The largest absolute Gasteiger partial charge is 0.595 e. The zero-order valence-corrected chi connectivity index (χ0v) is 20.4. The van der Waals surface area contributed by atoms with Gasteiger partial charge in [-0.05, 0) is 54.0 Å². The number of para-hydroxylation sites is 1. The molecule has 6 nitrogen and oxygen atoms in total. The molecule has 1 unspecified atom stereocenters. The van der Waals surface area contributed by atoms with Gasteiger partial charge in [-0.15, -0.1) is 23.4 Å². The minimum atomic E-state index is -0.980. The molecule has 2 aromatic rings. The van der Waals surface area contributed by atoms with Gasteiger partial charge in [0.2, 0.25) is 0 Å². The molecule has 2 aromatic carbocycles. The molecule has 0 aromatic heterocycles. The van der Waals surface area contributed by atoms with Crippen LogP contribution in [0.15, 0.2) is 53.4 Å². The molecule has 0 radical (unpaired) electrons. The highest BCUT2D eigenvalue weighted by Gasteiger charge is 2.56. The van der Waals surface area contributed by atoms with Gasteiger partial charge < -0.3 is 15.2 Å². The Morgan fingerprint density at radius 2 is 2.00 bits per heavy atom. The van der Waals surface area contributed by atoms with Crippen molar-refractivity contribution in [2.24, 2.45) is 11.8 Å². The summed E-state index contributed by atoms with van der Waals surface area (Å²) in [6.45, 7) is 0.700. The molecule has 1 fully saturated rings. The van der Waals surface area contributed by atoms with Crippen molar-refractivity contribution in [3.05, 3.63) is 69.9 Å². The number of rotatable bonds is 4. The van der Waals surface area contributed by atoms with Gasteiger partial charge in [0.1, 0.15) is 6.04 Å². The Kier molecular flexibility index (Phi) is 5.63. The third-order valence-electron chi connectivity index (χ3n) is 7.91. The van der Waals surface area contributed by atoms with Crippen LogP contribution in [0.25, 0.3) is 0 Å². The predicted octanol–water partition coefficient (Wildman–Crippen LogP) is 4.56. The number of carboxylic acid groups (broad SMARTS) is 1. The maximum atomic E-state index is 12.7. The molecule has 34 heavy (non-hydrogen) atoms. The maximum absolute atomic E-state index is 12.7. The number of quaternary nitrogens is 1. The summed E-state index contributed by atoms with van der Waals surface area (Å²) in [4.78, 5) is 15.4. The number of hydrogen-bond acceptors (Lipinski definition) is 5. The highest BCUT2D eigenvalue weighted by atomic mass is 35.5. The van der Waals surface area contributed by atoms with Crippen LogP contribution in [0.5, 0.6) is 0 Å². The van der Waals surface area contributed by atoms with E-state index in [2.05, 4.69) is 17.1 Å². The van der Waals surface area contributed by atoms with Gasteiger partial charge in [0.25, 0.3) is 0 Å². The quantitative estimate of drug-likeness (QED) is 0.312. The monoisotopic (exact) mass is 518 g/mol. The van der Waals surface area contributed by atoms with E-state index in [1.165, 1.54) is 11.8 Å². The number of halogens is 2. The number of carbonyl (C=O) groups is 1. The summed E-state index contributed by atoms with van der Waals surface area (Å²) >= 11 is 15.2. The number of hydrogen-bond donors (Lipinski definition) is 3. The molecule has 178 valence electrons. The van der Waals surface area contributed by atoms with E-state index in [1.807, 2.05) is 18.2 Å². The lowest BCUT2D eigenvalue weighted by Crippen LogP contribution is -2.99. The van der Waals surface area contributed by atoms with Crippen LogP contribution in [-0.2, 0) is 4.79 Å². The number of nitrogens with zero attached hydrogens (tertiary/aromatic N) is 1. The number of nitrogens with one attached hydrogen (secondary N) is 1. The van der Waals surface area contributed by atoms with E-state index in [-0.39, 0.29) is 34.1 Å². The molecule has 4 aliphatic rings. The lowest BCUT2D eigenvalue weighted by Gasteiger charge is -2.49. The van der Waals surface area contributed by atoms with E-state index in [0.29, 0.717) is 28.8 Å². The first-order valence-electron chi connectivity index (χ1n) is 11.5. The predicted molar refractivity (Wildman–Crippen MR) is 133 cm³/mol. The lowest BCUT2D eigenvalue weighted by molar-refractivity contribution is -0.992. The second kappa shape index (κ2) is 8.43. The second-order valence-corrected chi connectivity index (χ2v) is 11.9. The molecule has 0 amide bonds. The molecule has 1 saturated carbocycles. The molecule has 0 spiro atoms. The molecular formula is C25H24Cl2N2O4S. The first-order valence-corrected chi connectivity index (χ1v) is 13.2. The van der Waals surface area contributed by atoms with Crippen LogP contribution >= 0.6 is 35.0 Å². The van der Waals surface area contributed by atoms with E-state index >= 15 is 0 Å². The minimum absolute atomic E-state index is 0.116. The number of thioether (sulfide) groups is 1. The van der Waals surface area contributed by atoms with Crippen LogP contribution in [0.3, 0.4) is 0 Å². The molecule has 0 saturated heterocycles. The van der Waals surface area contributed by atoms with Crippen molar-refractivity contribution in [2.45, 2.75) is 46.2 Å². The highest BCUT2D eigenvalue weighted by Crippen LogP contribution is 2.60. The van der Waals surface area contributed by atoms with Crippen LogP contribution in [0, 0.1) is 17.0 Å². The average Bonchev–Trinajstić information content (AvgIpc) is 3.38. The number of alkyl halides is 1. The van der Waals surface area contributed by atoms with Crippen LogP contribution in [-0.4, -0.2) is 39.5 Å². The molecule has 9 heteroatoms. The Morgan fingerprint density at radius 3 is 2.76 bits per heavy atom. The van der Waals surface area contributed by atoms with E-state index in [9.17, 15) is 20.3 Å². The van der Waals surface area contributed by atoms with Gasteiger partial charge in [0, 0.05) is 40.4 Å². The number of fused-ring (bicyclic) bond motifs is 4. The van der Waals surface area contributed by atoms with Gasteiger partial charge in [-0.2, -0.15) is 5.23 Å². The van der Waals surface area contributed by atoms with E-state index in [4.69, 9.17) is 23.2 Å². The Morgan fingerprint density at radius 1 is 1.24 bits per heavy atom. The van der Waals surface area contributed by atoms with Crippen molar-refractivity contribution in [2.75, 3.05) is 11.4 Å². The van der Waals surface area contributed by atoms with Crippen molar-refractivity contribution >= 4 is 52.3 Å².